The number of hydrogen-bond acceptors (Lipinski definition) is 6. The summed E-state index contributed by atoms with van der Waals surface area (Å²) in [6.45, 7) is 1.89. The number of halogens is 1. The number of nitrogens with one attached hydrogen (secondary N) is 1. The molecule has 0 saturated carbocycles. The van der Waals surface area contributed by atoms with Crippen LogP contribution in [-0.2, 0) is 9.59 Å². The lowest BCUT2D eigenvalue weighted by atomic mass is 9.99. The molecule has 8 nitrogen and oxygen atoms in total. The third-order valence-electron chi connectivity index (χ3n) is 7.54. The van der Waals surface area contributed by atoms with Crippen LogP contribution in [-0.4, -0.2) is 40.7 Å². The lowest BCUT2D eigenvalue weighted by molar-refractivity contribution is -0.120. The van der Waals surface area contributed by atoms with E-state index in [-0.39, 0.29) is 30.2 Å². The minimum absolute atomic E-state index is 0.125. The summed E-state index contributed by atoms with van der Waals surface area (Å²) in [6, 6.07) is 29.0. The molecule has 220 valence electrons. The van der Waals surface area contributed by atoms with E-state index in [9.17, 15) is 14.0 Å². The van der Waals surface area contributed by atoms with Crippen LogP contribution in [0, 0.1) is 12.7 Å². The molecule has 0 saturated heterocycles. The highest BCUT2D eigenvalue weighted by Crippen LogP contribution is 2.50. The number of nitrogens with zero attached hydrogens (tertiary/aromatic N) is 3. The zero-order valence-corrected chi connectivity index (χ0v) is 24.5. The Labute approximate surface area is 257 Å². The van der Waals surface area contributed by atoms with Crippen molar-refractivity contribution in [1.82, 2.24) is 9.78 Å². The first-order chi connectivity index (χ1) is 21.4. The number of aryl methyl sites for hydroxylation is 1. The highest BCUT2D eigenvalue weighted by Gasteiger charge is 2.38. The summed E-state index contributed by atoms with van der Waals surface area (Å²) in [7, 11) is 0. The molecule has 3 heterocycles. The van der Waals surface area contributed by atoms with Crippen LogP contribution in [0.5, 0.6) is 11.5 Å². The van der Waals surface area contributed by atoms with Crippen LogP contribution in [0.15, 0.2) is 97.1 Å². The average Bonchev–Trinajstić information content (AvgIpc) is 3.64. The topological polar surface area (TPSA) is 85.7 Å². The van der Waals surface area contributed by atoms with Gasteiger partial charge in [-0.15, -0.1) is 11.8 Å². The van der Waals surface area contributed by atoms with Crippen LogP contribution in [0.25, 0.3) is 16.9 Å². The molecule has 4 aromatic carbocycles. The first-order valence-corrected chi connectivity index (χ1v) is 15.1. The van der Waals surface area contributed by atoms with Gasteiger partial charge in [-0.1, -0.05) is 54.1 Å². The summed E-state index contributed by atoms with van der Waals surface area (Å²) in [6.07, 6.45) is 0. The first kappa shape index (κ1) is 27.7. The number of fused-ring (bicyclic) bond motifs is 2. The number of carbonyl (C=O) groups is 2. The van der Waals surface area contributed by atoms with Gasteiger partial charge < -0.3 is 14.8 Å². The lowest BCUT2D eigenvalue weighted by Crippen LogP contribution is -2.40. The summed E-state index contributed by atoms with van der Waals surface area (Å²) in [5.74, 6) is 0.892. The van der Waals surface area contributed by atoms with Crippen molar-refractivity contribution in [2.45, 2.75) is 12.2 Å². The first-order valence-electron chi connectivity index (χ1n) is 14.1. The molecular weight excluding hydrogens is 579 g/mol. The van der Waals surface area contributed by atoms with Gasteiger partial charge in [0.1, 0.15) is 18.2 Å². The number of benzene rings is 4. The molecule has 0 spiro atoms. The van der Waals surface area contributed by atoms with E-state index < -0.39 is 11.7 Å². The molecule has 0 bridgehead atoms. The smallest absolute Gasteiger partial charge is 0.244 e. The van der Waals surface area contributed by atoms with E-state index in [1.54, 1.807) is 4.68 Å². The maximum atomic E-state index is 13.9. The molecule has 44 heavy (non-hydrogen) atoms. The number of hydrogen-bond donors (Lipinski definition) is 1. The molecule has 1 unspecified atom stereocenters. The van der Waals surface area contributed by atoms with Gasteiger partial charge in [-0.2, -0.15) is 5.10 Å². The summed E-state index contributed by atoms with van der Waals surface area (Å²) in [5.41, 5.74) is 5.58. The van der Waals surface area contributed by atoms with Gasteiger partial charge in [0, 0.05) is 16.8 Å². The van der Waals surface area contributed by atoms with Crippen molar-refractivity contribution < 1.29 is 23.5 Å². The Morgan fingerprint density at radius 1 is 0.977 bits per heavy atom. The molecule has 0 fully saturated rings. The maximum absolute atomic E-state index is 13.9. The van der Waals surface area contributed by atoms with Crippen molar-refractivity contribution >= 4 is 35.1 Å². The van der Waals surface area contributed by atoms with Gasteiger partial charge in [-0.05, 0) is 61.0 Å². The molecule has 2 aliphatic rings. The average molecular weight is 607 g/mol. The van der Waals surface area contributed by atoms with Crippen LogP contribution < -0.4 is 19.7 Å². The van der Waals surface area contributed by atoms with Gasteiger partial charge in [0.15, 0.2) is 11.5 Å². The van der Waals surface area contributed by atoms with Crippen LogP contribution >= 0.6 is 11.8 Å². The lowest BCUT2D eigenvalue weighted by Gasteiger charge is -2.23. The molecule has 2 aliphatic heterocycles. The fourth-order valence-electron chi connectivity index (χ4n) is 5.41. The molecule has 0 radical (unpaired) electrons. The van der Waals surface area contributed by atoms with Crippen molar-refractivity contribution in [3.63, 3.8) is 0 Å². The summed E-state index contributed by atoms with van der Waals surface area (Å²) in [4.78, 5) is 28.9. The minimum Gasteiger partial charge on any atom is -0.454 e. The van der Waals surface area contributed by atoms with E-state index >= 15 is 0 Å². The standard InChI is InChI=1S/C34H27FN4O4S/c1-21-7-14-26(15-8-21)39-34-31(32(37-39)22-5-3-2-4-6-22)33(23-9-16-27-28(17-23)43-20-42-27)44-19-30(41)38(34)18-29(40)36-25-12-10-24(35)11-13-25/h2-17,33H,18-20H2,1H3,(H,36,40). The van der Waals surface area contributed by atoms with Gasteiger partial charge in [-0.3, -0.25) is 14.5 Å². The summed E-state index contributed by atoms with van der Waals surface area (Å²) >= 11 is 1.48. The second-order valence-corrected chi connectivity index (χ2v) is 11.6. The third-order valence-corrected chi connectivity index (χ3v) is 8.80. The molecular formula is C34H27FN4O4S. The minimum atomic E-state index is -0.416. The number of amides is 2. The Hall–Kier alpha value is -5.09. The zero-order chi connectivity index (χ0) is 30.2. The zero-order valence-electron chi connectivity index (χ0n) is 23.7. The number of thioether (sulfide) groups is 1. The van der Waals surface area contributed by atoms with E-state index in [4.69, 9.17) is 14.6 Å². The molecule has 1 N–H and O–H groups in total. The van der Waals surface area contributed by atoms with Crippen molar-refractivity contribution in [3.8, 4) is 28.4 Å². The fraction of sp³-hybridized carbons (Fsp3) is 0.147. The normalized spacial score (nSPS) is 15.5. The SMILES string of the molecule is Cc1ccc(-n2nc(-c3ccccc3)c3c2N(CC(=O)Nc2ccc(F)cc2)C(=O)CSC3c2ccc3c(c2)OCO3)cc1. The van der Waals surface area contributed by atoms with Gasteiger partial charge in [0.05, 0.1) is 22.4 Å². The number of anilines is 2. The van der Waals surface area contributed by atoms with Gasteiger partial charge >= 0.3 is 0 Å². The van der Waals surface area contributed by atoms with Gasteiger partial charge in [-0.25, -0.2) is 9.07 Å². The fourth-order valence-corrected chi connectivity index (χ4v) is 6.60. The van der Waals surface area contributed by atoms with E-state index in [0.29, 0.717) is 28.7 Å². The number of aromatic nitrogens is 2. The Morgan fingerprint density at radius 3 is 2.50 bits per heavy atom. The Bertz CT molecular complexity index is 1860. The van der Waals surface area contributed by atoms with Crippen LogP contribution in [0.2, 0.25) is 0 Å². The predicted octanol–water partition coefficient (Wildman–Crippen LogP) is 6.52. The van der Waals surface area contributed by atoms with E-state index in [1.165, 1.54) is 40.9 Å². The number of carbonyl (C=O) groups excluding carboxylic acids is 2. The second-order valence-electron chi connectivity index (χ2n) is 10.5. The molecule has 1 atom stereocenters. The van der Waals surface area contributed by atoms with Gasteiger partial charge in [0.25, 0.3) is 0 Å². The van der Waals surface area contributed by atoms with Crippen molar-refractivity contribution in [2.75, 3.05) is 29.3 Å². The highest BCUT2D eigenvalue weighted by molar-refractivity contribution is 8.00. The predicted molar refractivity (Wildman–Crippen MR) is 168 cm³/mol. The van der Waals surface area contributed by atoms with Crippen molar-refractivity contribution in [2.24, 2.45) is 0 Å². The number of rotatable bonds is 6. The van der Waals surface area contributed by atoms with E-state index in [0.717, 1.165) is 27.9 Å². The highest BCUT2D eigenvalue weighted by atomic mass is 32.2. The summed E-state index contributed by atoms with van der Waals surface area (Å²) < 4.78 is 26.5. The monoisotopic (exact) mass is 606 g/mol. The summed E-state index contributed by atoms with van der Waals surface area (Å²) in [5, 5.41) is 7.60. The van der Waals surface area contributed by atoms with Gasteiger partial charge in [0.2, 0.25) is 18.6 Å². The molecule has 7 rings (SSSR count). The van der Waals surface area contributed by atoms with E-state index in [2.05, 4.69) is 5.32 Å². The van der Waals surface area contributed by atoms with Crippen molar-refractivity contribution in [3.05, 3.63) is 120 Å². The van der Waals surface area contributed by atoms with Crippen LogP contribution in [0.3, 0.4) is 0 Å². The van der Waals surface area contributed by atoms with Crippen molar-refractivity contribution in [1.29, 1.82) is 0 Å². The quantitative estimate of drug-likeness (QED) is 0.237. The molecule has 1 aromatic heterocycles. The molecule has 0 aliphatic carbocycles. The molecule has 10 heteroatoms. The van der Waals surface area contributed by atoms with Crippen LogP contribution in [0.4, 0.5) is 15.9 Å². The van der Waals surface area contributed by atoms with Crippen LogP contribution in [0.1, 0.15) is 21.9 Å². The third kappa shape index (κ3) is 5.28. The Morgan fingerprint density at radius 2 is 1.73 bits per heavy atom. The second kappa shape index (κ2) is 11.5. The largest absolute Gasteiger partial charge is 0.454 e. The molecule has 5 aromatic rings. The molecule has 2 amide bonds. The Kier molecular flexibility index (Phi) is 7.27. The number of ether oxygens (including phenoxy) is 2. The Balaban J connectivity index is 1.41. The van der Waals surface area contributed by atoms with E-state index in [1.807, 2.05) is 79.7 Å². The maximum Gasteiger partial charge on any atom is 0.244 e.